The molecule has 0 radical (unpaired) electrons. The van der Waals surface area contributed by atoms with Crippen molar-refractivity contribution < 1.29 is 8.42 Å². The van der Waals surface area contributed by atoms with E-state index >= 15 is 0 Å². The Morgan fingerprint density at radius 3 is 2.42 bits per heavy atom. The third kappa shape index (κ3) is 2.41. The SMILES string of the molecule is NS(=O)(=O)c1ccc(I)cc1Br. The topological polar surface area (TPSA) is 60.2 Å². The Morgan fingerprint density at radius 1 is 1.42 bits per heavy atom. The Labute approximate surface area is 92.7 Å². The van der Waals surface area contributed by atoms with Crippen molar-refractivity contribution in [1.82, 2.24) is 0 Å². The lowest BCUT2D eigenvalue weighted by atomic mass is 10.4. The summed E-state index contributed by atoms with van der Waals surface area (Å²) in [7, 11) is -3.60. The number of rotatable bonds is 1. The fraction of sp³-hybridized carbons (Fsp3) is 0. The van der Waals surface area contributed by atoms with Crippen LogP contribution in [-0.4, -0.2) is 8.42 Å². The van der Waals surface area contributed by atoms with Crippen molar-refractivity contribution >= 4 is 48.5 Å². The number of sulfonamides is 1. The Bertz CT molecular complexity index is 404. The molecular weight excluding hydrogens is 357 g/mol. The molecule has 0 fully saturated rings. The van der Waals surface area contributed by atoms with Crippen LogP contribution in [-0.2, 0) is 10.0 Å². The van der Waals surface area contributed by atoms with Gasteiger partial charge in [-0.3, -0.25) is 0 Å². The molecule has 1 rings (SSSR count). The normalized spacial score (nSPS) is 11.6. The molecule has 0 heterocycles. The number of halogens is 2. The first kappa shape index (κ1) is 10.4. The Kier molecular flexibility index (Phi) is 3.13. The summed E-state index contributed by atoms with van der Waals surface area (Å²) >= 11 is 5.20. The second-order valence-electron chi connectivity index (χ2n) is 2.12. The molecule has 0 unspecified atom stereocenters. The highest BCUT2D eigenvalue weighted by atomic mass is 127. The number of hydrogen-bond donors (Lipinski definition) is 1. The third-order valence-corrected chi connectivity index (χ3v) is 3.76. The van der Waals surface area contributed by atoms with E-state index in [2.05, 4.69) is 38.5 Å². The Hall–Kier alpha value is 0.340. The minimum Gasteiger partial charge on any atom is -0.225 e. The Balaban J connectivity index is 3.39. The lowest BCUT2D eigenvalue weighted by Gasteiger charge is -2.00. The molecule has 0 aliphatic rings. The average Bonchev–Trinajstić information content (AvgIpc) is 1.83. The molecule has 0 saturated heterocycles. The van der Waals surface area contributed by atoms with E-state index in [-0.39, 0.29) is 4.90 Å². The van der Waals surface area contributed by atoms with Gasteiger partial charge in [-0.1, -0.05) is 0 Å². The molecule has 0 aromatic heterocycles. The summed E-state index contributed by atoms with van der Waals surface area (Å²) in [6.07, 6.45) is 0. The van der Waals surface area contributed by atoms with Gasteiger partial charge in [0.2, 0.25) is 10.0 Å². The van der Waals surface area contributed by atoms with E-state index in [1.807, 2.05) is 0 Å². The summed E-state index contributed by atoms with van der Waals surface area (Å²) < 4.78 is 23.3. The maximum atomic E-state index is 10.9. The van der Waals surface area contributed by atoms with E-state index in [1.165, 1.54) is 6.07 Å². The van der Waals surface area contributed by atoms with Gasteiger partial charge in [-0.25, -0.2) is 13.6 Å². The lowest BCUT2D eigenvalue weighted by Crippen LogP contribution is -2.12. The maximum absolute atomic E-state index is 10.9. The van der Waals surface area contributed by atoms with Crippen molar-refractivity contribution in [2.45, 2.75) is 4.90 Å². The number of hydrogen-bond acceptors (Lipinski definition) is 2. The minimum atomic E-state index is -3.60. The quantitative estimate of drug-likeness (QED) is 0.774. The monoisotopic (exact) mass is 361 g/mol. The fourth-order valence-corrected chi connectivity index (χ4v) is 3.27. The van der Waals surface area contributed by atoms with E-state index in [0.29, 0.717) is 4.47 Å². The first-order valence-electron chi connectivity index (χ1n) is 2.89. The van der Waals surface area contributed by atoms with Gasteiger partial charge in [0.1, 0.15) is 0 Å². The lowest BCUT2D eigenvalue weighted by molar-refractivity contribution is 0.597. The van der Waals surface area contributed by atoms with Crippen LogP contribution in [0.2, 0.25) is 0 Å². The van der Waals surface area contributed by atoms with Gasteiger partial charge < -0.3 is 0 Å². The zero-order valence-electron chi connectivity index (χ0n) is 5.79. The van der Waals surface area contributed by atoms with Crippen LogP contribution in [0.1, 0.15) is 0 Å². The van der Waals surface area contributed by atoms with Crippen molar-refractivity contribution in [2.75, 3.05) is 0 Å². The molecule has 6 heteroatoms. The van der Waals surface area contributed by atoms with E-state index in [1.54, 1.807) is 12.1 Å². The molecular formula is C6H5BrINO2S. The smallest absolute Gasteiger partial charge is 0.225 e. The van der Waals surface area contributed by atoms with E-state index < -0.39 is 10.0 Å². The zero-order valence-corrected chi connectivity index (χ0v) is 10.4. The van der Waals surface area contributed by atoms with Crippen LogP contribution in [0.3, 0.4) is 0 Å². The highest BCUT2D eigenvalue weighted by Gasteiger charge is 2.11. The van der Waals surface area contributed by atoms with Gasteiger partial charge in [0.25, 0.3) is 0 Å². The van der Waals surface area contributed by atoms with E-state index in [9.17, 15) is 8.42 Å². The Morgan fingerprint density at radius 2 is 2.00 bits per heavy atom. The second kappa shape index (κ2) is 3.60. The van der Waals surface area contributed by atoms with Crippen molar-refractivity contribution in [3.63, 3.8) is 0 Å². The fourth-order valence-electron chi connectivity index (χ4n) is 0.706. The average molecular weight is 362 g/mol. The van der Waals surface area contributed by atoms with Gasteiger partial charge in [-0.2, -0.15) is 0 Å². The van der Waals surface area contributed by atoms with Crippen molar-refractivity contribution in [2.24, 2.45) is 5.14 Å². The summed E-state index contributed by atoms with van der Waals surface area (Å²) in [4.78, 5) is 0.114. The molecule has 1 aromatic carbocycles. The maximum Gasteiger partial charge on any atom is 0.239 e. The molecule has 0 spiro atoms. The molecule has 0 aliphatic heterocycles. The van der Waals surface area contributed by atoms with Crippen molar-refractivity contribution in [1.29, 1.82) is 0 Å². The largest absolute Gasteiger partial charge is 0.239 e. The summed E-state index contributed by atoms with van der Waals surface area (Å²) in [5, 5.41) is 4.95. The van der Waals surface area contributed by atoms with Crippen LogP contribution in [0.4, 0.5) is 0 Å². The molecule has 12 heavy (non-hydrogen) atoms. The molecule has 2 N–H and O–H groups in total. The predicted octanol–water partition coefficient (Wildman–Crippen LogP) is 1.70. The predicted molar refractivity (Wildman–Crippen MR) is 58.2 cm³/mol. The molecule has 0 atom stereocenters. The highest BCUT2D eigenvalue weighted by molar-refractivity contribution is 14.1. The molecule has 0 aliphatic carbocycles. The molecule has 0 bridgehead atoms. The van der Waals surface area contributed by atoms with Crippen LogP contribution in [0, 0.1) is 3.57 Å². The van der Waals surface area contributed by atoms with E-state index in [4.69, 9.17) is 5.14 Å². The van der Waals surface area contributed by atoms with Gasteiger partial charge in [-0.15, -0.1) is 0 Å². The van der Waals surface area contributed by atoms with Crippen LogP contribution in [0.5, 0.6) is 0 Å². The summed E-state index contributed by atoms with van der Waals surface area (Å²) in [6.45, 7) is 0. The van der Waals surface area contributed by atoms with Crippen LogP contribution < -0.4 is 5.14 Å². The minimum absolute atomic E-state index is 0.114. The first-order chi connectivity index (χ1) is 5.41. The number of benzene rings is 1. The number of primary sulfonamides is 1. The summed E-state index contributed by atoms with van der Waals surface area (Å²) in [6, 6.07) is 4.85. The van der Waals surface area contributed by atoms with Gasteiger partial charge in [0, 0.05) is 8.04 Å². The van der Waals surface area contributed by atoms with Crippen LogP contribution >= 0.6 is 38.5 Å². The van der Waals surface area contributed by atoms with Gasteiger partial charge in [0.05, 0.1) is 4.90 Å². The molecule has 0 amide bonds. The van der Waals surface area contributed by atoms with Crippen LogP contribution in [0.25, 0.3) is 0 Å². The van der Waals surface area contributed by atoms with E-state index in [0.717, 1.165) is 3.57 Å². The first-order valence-corrected chi connectivity index (χ1v) is 6.31. The van der Waals surface area contributed by atoms with Crippen molar-refractivity contribution in [3.05, 3.63) is 26.2 Å². The van der Waals surface area contributed by atoms with Crippen molar-refractivity contribution in [3.8, 4) is 0 Å². The molecule has 66 valence electrons. The highest BCUT2D eigenvalue weighted by Crippen LogP contribution is 2.22. The summed E-state index contributed by atoms with van der Waals surface area (Å²) in [5.74, 6) is 0. The molecule has 1 aromatic rings. The standard InChI is InChI=1S/C6H5BrINO2S/c7-5-3-4(8)1-2-6(5)12(9,10)11/h1-3H,(H2,9,10,11). The van der Waals surface area contributed by atoms with Gasteiger partial charge in [-0.05, 0) is 56.7 Å². The van der Waals surface area contributed by atoms with Crippen LogP contribution in [0.15, 0.2) is 27.6 Å². The molecule has 3 nitrogen and oxygen atoms in total. The third-order valence-electron chi connectivity index (χ3n) is 1.20. The number of nitrogens with two attached hydrogens (primary N) is 1. The summed E-state index contributed by atoms with van der Waals surface area (Å²) in [5.41, 5.74) is 0. The van der Waals surface area contributed by atoms with Gasteiger partial charge in [0.15, 0.2) is 0 Å². The second-order valence-corrected chi connectivity index (χ2v) is 5.75. The molecule has 0 saturated carbocycles. The zero-order chi connectivity index (χ0) is 9.35. The van der Waals surface area contributed by atoms with Gasteiger partial charge >= 0.3 is 0 Å².